The van der Waals surface area contributed by atoms with Gasteiger partial charge in [-0.3, -0.25) is 9.69 Å². The molecule has 1 unspecified atom stereocenters. The molecule has 50 heavy (non-hydrogen) atoms. The largest absolute Gasteiger partial charge is 0.480 e. The zero-order valence-corrected chi connectivity index (χ0v) is 30.7. The Morgan fingerprint density at radius 3 is 2.22 bits per heavy atom. The van der Waals surface area contributed by atoms with Crippen molar-refractivity contribution in [3.63, 3.8) is 0 Å². The van der Waals surface area contributed by atoms with Gasteiger partial charge in [0.15, 0.2) is 5.82 Å². The second kappa shape index (κ2) is 17.9. The smallest absolute Gasteiger partial charge is 0.410 e. The number of nitrogens with zero attached hydrogens (tertiary/aromatic N) is 5. The third kappa shape index (κ3) is 12.8. The predicted molar refractivity (Wildman–Crippen MR) is 183 cm³/mol. The molecule has 0 spiro atoms. The van der Waals surface area contributed by atoms with Crippen LogP contribution < -0.4 is 10.6 Å². The van der Waals surface area contributed by atoms with E-state index in [0.717, 1.165) is 25.7 Å². The molecule has 2 fully saturated rings. The van der Waals surface area contributed by atoms with E-state index in [4.69, 9.17) is 19.3 Å². The fourth-order valence-corrected chi connectivity index (χ4v) is 5.34. The Morgan fingerprint density at radius 1 is 1.06 bits per heavy atom. The average Bonchev–Trinajstić information content (AvgIpc) is 3.29. The molecule has 2 heterocycles. The fourth-order valence-electron chi connectivity index (χ4n) is 5.34. The molecule has 0 bridgehead atoms. The van der Waals surface area contributed by atoms with E-state index in [0.29, 0.717) is 18.7 Å². The molecule has 3 rings (SSSR count). The maximum Gasteiger partial charge on any atom is 0.410 e. The van der Waals surface area contributed by atoms with Gasteiger partial charge in [0.1, 0.15) is 28.8 Å². The molecule has 0 aromatic carbocycles. The maximum atomic E-state index is 13.3. The molecule has 1 aliphatic heterocycles. The summed E-state index contributed by atoms with van der Waals surface area (Å²) in [6.45, 7) is 19.9. The van der Waals surface area contributed by atoms with Crippen LogP contribution in [0.25, 0.3) is 0 Å². The molecule has 3 N–H and O–H groups in total. The molecule has 16 nitrogen and oxygen atoms in total. The van der Waals surface area contributed by atoms with Crippen LogP contribution in [-0.4, -0.2) is 102 Å². The molecule has 1 aromatic rings. The zero-order chi connectivity index (χ0) is 37.9. The Morgan fingerprint density at radius 2 is 1.72 bits per heavy atom. The van der Waals surface area contributed by atoms with Crippen LogP contribution in [0.4, 0.5) is 9.59 Å². The first-order valence-corrected chi connectivity index (χ1v) is 16.9. The number of likely N-dealkylation sites (tertiary alicyclic amines) is 1. The second-order valence-electron chi connectivity index (χ2n) is 14.4. The highest BCUT2D eigenvalue weighted by Gasteiger charge is 2.62. The van der Waals surface area contributed by atoms with Gasteiger partial charge in [-0.1, -0.05) is 25.0 Å². The molecule has 1 aromatic heterocycles. The third-order valence-electron chi connectivity index (χ3n) is 7.80. The van der Waals surface area contributed by atoms with E-state index >= 15 is 0 Å². The van der Waals surface area contributed by atoms with Gasteiger partial charge < -0.3 is 30.0 Å². The molecule has 280 valence electrons. The number of carboxylic acids is 1. The fraction of sp³-hybridized carbons (Fsp3) is 0.706. The number of nitrogens with one attached hydrogen (secondary N) is 2. The first kappa shape index (κ1) is 41.7. The average molecular weight is 706 g/mol. The van der Waals surface area contributed by atoms with Crippen molar-refractivity contribution in [3.8, 4) is 0 Å². The Bertz CT molecular complexity index is 1370. The number of aliphatic carboxylic acids is 1. The lowest BCUT2D eigenvalue weighted by Gasteiger charge is -2.29. The van der Waals surface area contributed by atoms with Crippen LogP contribution in [0.3, 0.4) is 0 Å². The minimum atomic E-state index is -1.14. The van der Waals surface area contributed by atoms with Crippen LogP contribution in [0.5, 0.6) is 0 Å². The SMILES string of the molecule is C=CCCCCCC(NC(=O)OC(C)(C)C)C(=O)O.C=C[C@@H]1C[C@]1(NC(=O)[C@H]1C[C@@H](c2nnn(C)n2)CN1C(=O)OC(C)(C)C)C(=O)OCC. The van der Waals surface area contributed by atoms with Crippen molar-refractivity contribution in [1.29, 1.82) is 0 Å². The van der Waals surface area contributed by atoms with Crippen LogP contribution in [0.2, 0.25) is 0 Å². The van der Waals surface area contributed by atoms with Gasteiger partial charge in [-0.05, 0) is 85.8 Å². The van der Waals surface area contributed by atoms with Crippen LogP contribution in [-0.2, 0) is 35.6 Å². The van der Waals surface area contributed by atoms with Crippen LogP contribution >= 0.6 is 0 Å². The molecule has 0 radical (unpaired) electrons. The summed E-state index contributed by atoms with van der Waals surface area (Å²) in [4.78, 5) is 63.9. The number of hydrogen-bond acceptors (Lipinski definition) is 11. The molecule has 1 saturated carbocycles. The quantitative estimate of drug-likeness (QED) is 0.109. The number of unbranched alkanes of at least 4 members (excludes halogenated alkanes) is 3. The molecule has 1 saturated heterocycles. The van der Waals surface area contributed by atoms with Crippen molar-refractivity contribution in [2.45, 2.75) is 128 Å². The van der Waals surface area contributed by atoms with E-state index in [1.807, 2.05) is 6.08 Å². The molecular formula is C34H55N7O9. The van der Waals surface area contributed by atoms with E-state index in [-0.39, 0.29) is 31.4 Å². The molecule has 5 atom stereocenters. The standard InChI is InChI=1S/C20H30N6O5.C14H25NO4/c1-7-13-10-20(13,17(28)30-8-2)21-16(27)14-9-12(15-22-24-25(6)23-15)11-26(14)18(29)31-19(3,4)5;1-5-6-7-8-9-10-11(12(16)17)15-13(18)19-14(2,3)4/h7,12-14H,1,8-11H2,2-6H3,(H,21,27);5,11H,1,6-10H2,2-4H3,(H,15,18)(H,16,17)/t12-,13-,14-,20-;/m1./s1. The number of ether oxygens (including phenoxy) is 3. The number of carbonyl (C=O) groups is 5. The highest BCUT2D eigenvalue weighted by molar-refractivity contribution is 5.95. The van der Waals surface area contributed by atoms with E-state index < -0.39 is 58.9 Å². The summed E-state index contributed by atoms with van der Waals surface area (Å²) in [5, 5.41) is 26.3. The summed E-state index contributed by atoms with van der Waals surface area (Å²) in [7, 11) is 1.65. The van der Waals surface area contributed by atoms with Gasteiger partial charge in [0, 0.05) is 18.4 Å². The third-order valence-corrected chi connectivity index (χ3v) is 7.80. The monoisotopic (exact) mass is 705 g/mol. The number of tetrazole rings is 1. The summed E-state index contributed by atoms with van der Waals surface area (Å²) in [6, 6.07) is -1.74. The zero-order valence-electron chi connectivity index (χ0n) is 30.7. The van der Waals surface area contributed by atoms with E-state index in [9.17, 15) is 24.0 Å². The van der Waals surface area contributed by atoms with E-state index in [2.05, 4.69) is 39.2 Å². The van der Waals surface area contributed by atoms with Crippen molar-refractivity contribution >= 4 is 30.0 Å². The van der Waals surface area contributed by atoms with Crippen LogP contribution in [0, 0.1) is 5.92 Å². The van der Waals surface area contributed by atoms with Gasteiger partial charge in [0.05, 0.1) is 13.7 Å². The lowest BCUT2D eigenvalue weighted by molar-refractivity contribution is -0.149. The van der Waals surface area contributed by atoms with Crippen LogP contribution in [0.1, 0.15) is 105 Å². The molecular weight excluding hydrogens is 650 g/mol. The first-order chi connectivity index (χ1) is 23.3. The Labute approximate surface area is 294 Å². The highest BCUT2D eigenvalue weighted by Crippen LogP contribution is 2.46. The summed E-state index contributed by atoms with van der Waals surface area (Å²) < 4.78 is 15.7. The van der Waals surface area contributed by atoms with Crippen molar-refractivity contribution in [2.24, 2.45) is 13.0 Å². The van der Waals surface area contributed by atoms with Gasteiger partial charge in [-0.2, -0.15) is 4.80 Å². The number of hydrogen-bond donors (Lipinski definition) is 3. The summed E-state index contributed by atoms with van der Waals surface area (Å²) in [6.07, 6.45) is 6.87. The van der Waals surface area contributed by atoms with Gasteiger partial charge in [-0.25, -0.2) is 19.2 Å². The van der Waals surface area contributed by atoms with Crippen molar-refractivity contribution in [2.75, 3.05) is 13.2 Å². The molecule has 2 aliphatic rings. The number of amides is 3. The number of carbonyl (C=O) groups excluding carboxylic acids is 4. The van der Waals surface area contributed by atoms with Gasteiger partial charge >= 0.3 is 24.1 Å². The number of alkyl carbamates (subject to hydrolysis) is 1. The number of aryl methyl sites for hydroxylation is 1. The topological polar surface area (TPSA) is 204 Å². The van der Waals surface area contributed by atoms with Gasteiger partial charge in [-0.15, -0.1) is 23.4 Å². The summed E-state index contributed by atoms with van der Waals surface area (Å²) >= 11 is 0. The second-order valence-corrected chi connectivity index (χ2v) is 14.4. The Balaban J connectivity index is 0.000000394. The minimum Gasteiger partial charge on any atom is -0.480 e. The van der Waals surface area contributed by atoms with E-state index in [1.165, 1.54) is 9.70 Å². The number of aromatic nitrogens is 4. The predicted octanol–water partition coefficient (Wildman–Crippen LogP) is 4.03. The number of esters is 1. The van der Waals surface area contributed by atoms with Crippen molar-refractivity contribution in [1.82, 2.24) is 35.7 Å². The van der Waals surface area contributed by atoms with Crippen molar-refractivity contribution < 1.29 is 43.3 Å². The normalized spacial score (nSPS) is 21.8. The Kier molecular flexibility index (Phi) is 15.0. The number of allylic oxidation sites excluding steroid dienone is 1. The lowest BCUT2D eigenvalue weighted by Crippen LogP contribution is -2.53. The molecule has 3 amide bonds. The van der Waals surface area contributed by atoms with Gasteiger partial charge in [0.25, 0.3) is 0 Å². The maximum absolute atomic E-state index is 13.3. The Hall–Kier alpha value is -4.50. The molecule has 1 aliphatic carbocycles. The lowest BCUT2D eigenvalue weighted by atomic mass is 10.0. The van der Waals surface area contributed by atoms with Gasteiger partial charge in [0.2, 0.25) is 5.91 Å². The first-order valence-electron chi connectivity index (χ1n) is 16.9. The number of rotatable bonds is 14. The molecule has 16 heteroatoms. The highest BCUT2D eigenvalue weighted by atomic mass is 16.6. The summed E-state index contributed by atoms with van der Waals surface area (Å²) in [5.41, 5.74) is -2.49. The van der Waals surface area contributed by atoms with Crippen LogP contribution in [0.15, 0.2) is 25.3 Å². The summed E-state index contributed by atoms with van der Waals surface area (Å²) in [5.74, 6) is -2.04. The van der Waals surface area contributed by atoms with E-state index in [1.54, 1.807) is 61.6 Å². The number of carboxylic acid groups (broad SMARTS) is 1. The van der Waals surface area contributed by atoms with Crippen molar-refractivity contribution in [3.05, 3.63) is 31.1 Å². The minimum absolute atomic E-state index is 0.203.